The zero-order valence-corrected chi connectivity index (χ0v) is 10.2. The molecular formula is C10H8N2O3S2. The largest absolute Gasteiger partial charge is 0.311 e. The van der Waals surface area contributed by atoms with Gasteiger partial charge in [-0.1, -0.05) is 36.1 Å². The highest BCUT2D eigenvalue weighted by molar-refractivity contribution is 8.24. The Bertz CT molecular complexity index is 487. The lowest BCUT2D eigenvalue weighted by atomic mass is 10.1. The van der Waals surface area contributed by atoms with Crippen LogP contribution in [0.1, 0.15) is 5.56 Å². The van der Waals surface area contributed by atoms with Crippen LogP contribution < -0.4 is 5.32 Å². The average Bonchev–Trinajstić information content (AvgIpc) is 2.58. The van der Waals surface area contributed by atoms with Crippen LogP contribution in [0.25, 0.3) is 0 Å². The Morgan fingerprint density at radius 2 is 2.06 bits per heavy atom. The van der Waals surface area contributed by atoms with Gasteiger partial charge < -0.3 is 5.32 Å². The molecule has 1 N–H and O–H groups in total. The summed E-state index contributed by atoms with van der Waals surface area (Å²) in [5.41, 5.74) is 0.931. The van der Waals surface area contributed by atoms with Crippen molar-refractivity contribution in [3.63, 3.8) is 0 Å². The monoisotopic (exact) mass is 268 g/mol. The topological polar surface area (TPSA) is 72.2 Å². The second-order valence-electron chi connectivity index (χ2n) is 3.51. The highest BCUT2D eigenvalue weighted by Gasteiger charge is 2.28. The molecule has 1 aliphatic heterocycles. The van der Waals surface area contributed by atoms with Gasteiger partial charge in [0, 0.05) is 12.1 Å². The molecule has 88 valence electrons. The van der Waals surface area contributed by atoms with Gasteiger partial charge in [0.1, 0.15) is 4.32 Å². The van der Waals surface area contributed by atoms with Crippen LogP contribution >= 0.6 is 24.0 Å². The number of nitrogens with one attached hydrogen (secondary N) is 1. The van der Waals surface area contributed by atoms with Crippen molar-refractivity contribution in [1.82, 2.24) is 5.32 Å². The average molecular weight is 268 g/mol. The van der Waals surface area contributed by atoms with E-state index < -0.39 is 4.92 Å². The molecule has 0 saturated carbocycles. The molecule has 1 aromatic carbocycles. The van der Waals surface area contributed by atoms with Crippen LogP contribution in [0.5, 0.6) is 0 Å². The van der Waals surface area contributed by atoms with E-state index in [0.717, 1.165) is 5.56 Å². The van der Waals surface area contributed by atoms with Crippen LogP contribution in [0.2, 0.25) is 0 Å². The molecule has 1 fully saturated rings. The fraction of sp³-hybridized carbons (Fsp3) is 0.200. The molecule has 0 radical (unpaired) electrons. The van der Waals surface area contributed by atoms with E-state index >= 15 is 0 Å². The van der Waals surface area contributed by atoms with E-state index in [0.29, 0.717) is 10.7 Å². The van der Waals surface area contributed by atoms with Gasteiger partial charge in [-0.3, -0.25) is 14.9 Å². The molecule has 2 rings (SSSR count). The summed E-state index contributed by atoms with van der Waals surface area (Å²) in [6.07, 6.45) is 0.522. The van der Waals surface area contributed by atoms with Crippen LogP contribution in [0.3, 0.4) is 0 Å². The quantitative estimate of drug-likeness (QED) is 0.512. The molecule has 1 aromatic rings. The second kappa shape index (κ2) is 4.80. The van der Waals surface area contributed by atoms with Crippen molar-refractivity contribution >= 4 is 39.9 Å². The molecule has 0 aliphatic carbocycles. The molecule has 1 unspecified atom stereocenters. The first-order valence-corrected chi connectivity index (χ1v) is 6.10. The second-order valence-corrected chi connectivity index (χ2v) is 5.39. The summed E-state index contributed by atoms with van der Waals surface area (Å²) in [6.45, 7) is 0. The number of rotatable bonds is 3. The molecule has 0 bridgehead atoms. The Morgan fingerprint density at radius 1 is 1.41 bits per heavy atom. The van der Waals surface area contributed by atoms with Crippen molar-refractivity contribution in [3.8, 4) is 0 Å². The van der Waals surface area contributed by atoms with Crippen molar-refractivity contribution in [2.75, 3.05) is 0 Å². The Hall–Kier alpha value is -1.47. The molecule has 1 saturated heterocycles. The number of nitro benzene ring substituents is 1. The maximum absolute atomic E-state index is 11.4. The fourth-order valence-electron chi connectivity index (χ4n) is 1.50. The number of thiocarbonyl (C=S) groups is 1. The number of hydrogen-bond acceptors (Lipinski definition) is 5. The molecule has 5 nitrogen and oxygen atoms in total. The first kappa shape index (κ1) is 12.0. The summed E-state index contributed by atoms with van der Waals surface area (Å²) in [5, 5.41) is 12.8. The molecule has 1 atom stereocenters. The Balaban J connectivity index is 2.07. The van der Waals surface area contributed by atoms with E-state index in [2.05, 4.69) is 5.32 Å². The van der Waals surface area contributed by atoms with Crippen molar-refractivity contribution in [2.45, 2.75) is 11.7 Å². The third kappa shape index (κ3) is 2.80. The molecular weight excluding hydrogens is 260 g/mol. The van der Waals surface area contributed by atoms with Crippen molar-refractivity contribution in [2.24, 2.45) is 0 Å². The minimum absolute atomic E-state index is 0.0489. The molecule has 0 aromatic heterocycles. The third-order valence-corrected chi connectivity index (χ3v) is 3.71. The van der Waals surface area contributed by atoms with Gasteiger partial charge in [0.25, 0.3) is 5.69 Å². The normalized spacial score (nSPS) is 19.2. The van der Waals surface area contributed by atoms with Crippen molar-refractivity contribution < 1.29 is 9.72 Å². The molecule has 0 spiro atoms. The first-order valence-electron chi connectivity index (χ1n) is 4.81. The first-order chi connectivity index (χ1) is 8.06. The van der Waals surface area contributed by atoms with Gasteiger partial charge in [0.05, 0.1) is 10.2 Å². The number of nitrogens with zero attached hydrogens (tertiary/aromatic N) is 1. The number of carbonyl (C=O) groups is 1. The Kier molecular flexibility index (Phi) is 3.39. The van der Waals surface area contributed by atoms with Gasteiger partial charge in [-0.2, -0.15) is 0 Å². The maximum Gasteiger partial charge on any atom is 0.269 e. The molecule has 1 heterocycles. The lowest BCUT2D eigenvalue weighted by Gasteiger charge is -2.04. The predicted molar refractivity (Wildman–Crippen MR) is 68.9 cm³/mol. The van der Waals surface area contributed by atoms with Crippen LogP contribution in [0.15, 0.2) is 24.3 Å². The maximum atomic E-state index is 11.4. The van der Waals surface area contributed by atoms with E-state index in [1.807, 2.05) is 0 Å². The van der Waals surface area contributed by atoms with Gasteiger partial charge in [-0.05, 0) is 12.0 Å². The van der Waals surface area contributed by atoms with Crippen LogP contribution in [0.4, 0.5) is 5.69 Å². The summed E-state index contributed by atoms with van der Waals surface area (Å²) >= 11 is 6.20. The highest BCUT2D eigenvalue weighted by atomic mass is 32.2. The van der Waals surface area contributed by atoms with Gasteiger partial charge in [0.15, 0.2) is 0 Å². The van der Waals surface area contributed by atoms with Gasteiger partial charge in [0.2, 0.25) is 5.91 Å². The van der Waals surface area contributed by atoms with Gasteiger partial charge in [-0.15, -0.1) is 0 Å². The number of carbonyl (C=O) groups excluding carboxylic acids is 1. The molecule has 1 amide bonds. The van der Waals surface area contributed by atoms with E-state index in [1.54, 1.807) is 12.1 Å². The smallest absolute Gasteiger partial charge is 0.269 e. The third-order valence-electron chi connectivity index (χ3n) is 2.34. The fourth-order valence-corrected chi connectivity index (χ4v) is 2.80. The van der Waals surface area contributed by atoms with E-state index in [9.17, 15) is 14.9 Å². The number of nitro groups is 1. The van der Waals surface area contributed by atoms with E-state index in [4.69, 9.17) is 12.2 Å². The molecule has 1 aliphatic rings. The molecule has 7 heteroatoms. The van der Waals surface area contributed by atoms with Gasteiger partial charge >= 0.3 is 0 Å². The summed E-state index contributed by atoms with van der Waals surface area (Å²) in [7, 11) is 0. The highest BCUT2D eigenvalue weighted by Crippen LogP contribution is 2.23. The van der Waals surface area contributed by atoms with Crippen molar-refractivity contribution in [1.29, 1.82) is 0 Å². The van der Waals surface area contributed by atoms with E-state index in [1.165, 1.54) is 23.9 Å². The summed E-state index contributed by atoms with van der Waals surface area (Å²) in [4.78, 5) is 21.5. The Labute approximate surface area is 107 Å². The van der Waals surface area contributed by atoms with Crippen molar-refractivity contribution in [3.05, 3.63) is 39.9 Å². The number of hydrogen-bond donors (Lipinski definition) is 1. The minimum Gasteiger partial charge on any atom is -0.311 e. The van der Waals surface area contributed by atoms with Gasteiger partial charge in [-0.25, -0.2) is 0 Å². The predicted octanol–water partition coefficient (Wildman–Crippen LogP) is 1.65. The van der Waals surface area contributed by atoms with Crippen LogP contribution in [-0.4, -0.2) is 20.4 Å². The van der Waals surface area contributed by atoms with E-state index in [-0.39, 0.29) is 16.8 Å². The minimum atomic E-state index is -0.448. The summed E-state index contributed by atoms with van der Waals surface area (Å²) in [6, 6.07) is 6.19. The number of amides is 1. The standard InChI is InChI=1S/C10H8N2O3S2/c13-9-8(17-10(16)11-9)5-6-1-3-7(4-2-6)12(14)15/h1-4,8H,5H2,(H,11,13,16). The number of non-ortho nitro benzene ring substituents is 1. The zero-order valence-electron chi connectivity index (χ0n) is 8.58. The number of thioether (sulfide) groups is 1. The van der Waals surface area contributed by atoms with Crippen LogP contribution in [-0.2, 0) is 11.2 Å². The zero-order chi connectivity index (χ0) is 12.4. The van der Waals surface area contributed by atoms with Crippen LogP contribution in [0, 0.1) is 10.1 Å². The summed E-state index contributed by atoms with van der Waals surface area (Å²) in [5.74, 6) is -0.0987. The number of benzene rings is 1. The summed E-state index contributed by atoms with van der Waals surface area (Å²) < 4.78 is 0.488. The Morgan fingerprint density at radius 3 is 2.53 bits per heavy atom. The molecule has 17 heavy (non-hydrogen) atoms. The lowest BCUT2D eigenvalue weighted by Crippen LogP contribution is -2.25. The SMILES string of the molecule is O=C1NC(=S)SC1Cc1ccc([N+](=O)[O-])cc1. The lowest BCUT2D eigenvalue weighted by molar-refractivity contribution is -0.384.